The van der Waals surface area contributed by atoms with Crippen LogP contribution in [0.3, 0.4) is 0 Å². The molecule has 0 radical (unpaired) electrons. The Morgan fingerprint density at radius 2 is 1.07 bits per heavy atom. The van der Waals surface area contributed by atoms with E-state index in [-0.39, 0.29) is 0 Å². The van der Waals surface area contributed by atoms with Gasteiger partial charge in [0.2, 0.25) is 12.2 Å². The Morgan fingerprint density at radius 3 is 1.31 bits per heavy atom. The van der Waals surface area contributed by atoms with Crippen LogP contribution in [0.25, 0.3) is 0 Å². The highest BCUT2D eigenvalue weighted by atomic mass is 16.1. The van der Waals surface area contributed by atoms with E-state index in [1.807, 2.05) is 0 Å². The minimum atomic E-state index is 0.642. The van der Waals surface area contributed by atoms with Crippen molar-refractivity contribution < 1.29 is 9.59 Å². The van der Waals surface area contributed by atoms with Crippen molar-refractivity contribution in [1.29, 1.82) is 10.8 Å². The van der Waals surface area contributed by atoms with E-state index in [2.05, 4.69) is 90.9 Å². The molecule has 2 rings (SSSR count). The number of nitrogens with one attached hydrogen (secondary N) is 2. The van der Waals surface area contributed by atoms with Crippen LogP contribution in [0, 0.1) is 17.7 Å². The van der Waals surface area contributed by atoms with Crippen LogP contribution in [0.5, 0.6) is 0 Å². The largest absolute Gasteiger partial charge is 0.231 e. The van der Waals surface area contributed by atoms with E-state index in [9.17, 15) is 0 Å². The molecule has 0 unspecified atom stereocenters. The normalized spacial score (nSPS) is 9.00. The first-order chi connectivity index (χ1) is 13.7. The molecular formula is C25H36N2O2. The molecular weight excluding hydrogens is 360 g/mol. The lowest BCUT2D eigenvalue weighted by Gasteiger charge is -2.14. The van der Waals surface area contributed by atoms with Gasteiger partial charge in [-0.1, -0.05) is 89.6 Å². The van der Waals surface area contributed by atoms with Crippen LogP contribution in [0.4, 0.5) is 0 Å². The molecule has 0 aliphatic rings. The topological polar surface area (TPSA) is 81.8 Å². The van der Waals surface area contributed by atoms with Crippen LogP contribution in [0.15, 0.2) is 42.5 Å². The van der Waals surface area contributed by atoms with E-state index in [1.54, 1.807) is 0 Å². The van der Waals surface area contributed by atoms with Crippen molar-refractivity contribution in [3.63, 3.8) is 0 Å². The quantitative estimate of drug-likeness (QED) is 0.437. The highest BCUT2D eigenvalue weighted by Crippen LogP contribution is 2.25. The first kappa shape index (κ1) is 28.4. The minimum Gasteiger partial charge on any atom is -0.222 e. The Bertz CT molecular complexity index is 707. The molecule has 0 amide bonds. The van der Waals surface area contributed by atoms with E-state index in [0.717, 1.165) is 25.0 Å². The van der Waals surface area contributed by atoms with Gasteiger partial charge < -0.3 is 0 Å². The van der Waals surface area contributed by atoms with Gasteiger partial charge in [-0.3, -0.25) is 0 Å². The summed E-state index contributed by atoms with van der Waals surface area (Å²) in [5.74, 6) is 1.28. The van der Waals surface area contributed by atoms with E-state index in [4.69, 9.17) is 20.4 Å². The SMILES string of the molecule is CC(C)c1ccccc1C(C)C.CCc1cc(C)cc(CC)c1.N=C=O.N=C=O. The van der Waals surface area contributed by atoms with Crippen LogP contribution < -0.4 is 0 Å². The molecule has 2 aromatic rings. The molecule has 2 aromatic carbocycles. The maximum atomic E-state index is 8.35. The van der Waals surface area contributed by atoms with E-state index in [0.29, 0.717) is 11.8 Å². The number of rotatable bonds is 4. The molecule has 2 N–H and O–H groups in total. The third-order valence-electron chi connectivity index (χ3n) is 4.25. The molecule has 0 bridgehead atoms. The summed E-state index contributed by atoms with van der Waals surface area (Å²) in [5.41, 5.74) is 7.30. The van der Waals surface area contributed by atoms with E-state index in [1.165, 1.54) is 27.8 Å². The molecule has 0 fully saturated rings. The van der Waals surface area contributed by atoms with E-state index >= 15 is 0 Å². The Morgan fingerprint density at radius 1 is 0.759 bits per heavy atom. The summed E-state index contributed by atoms with van der Waals surface area (Å²) in [7, 11) is 0. The highest BCUT2D eigenvalue weighted by Gasteiger charge is 2.07. The summed E-state index contributed by atoms with van der Waals surface area (Å²) in [4.78, 5) is 16.7. The molecule has 158 valence electrons. The van der Waals surface area contributed by atoms with Crippen molar-refractivity contribution >= 4 is 12.2 Å². The van der Waals surface area contributed by atoms with Gasteiger partial charge in [0.1, 0.15) is 0 Å². The standard InChI is InChI=1S/C12H18.C11H16.2CHNO/c1-9(2)11-7-5-6-8-12(11)10(3)4;1-4-10-6-9(3)7-11(5-2)8-10;2*2-1-3/h5-10H,1-4H3;6-8H,4-5H2,1-3H3;2*2H. The number of hydrogen-bond acceptors (Lipinski definition) is 4. The molecule has 29 heavy (non-hydrogen) atoms. The van der Waals surface area contributed by atoms with Crippen molar-refractivity contribution in [3.05, 3.63) is 70.3 Å². The summed E-state index contributed by atoms with van der Waals surface area (Å²) >= 11 is 0. The average Bonchev–Trinajstić information content (AvgIpc) is 2.69. The lowest BCUT2D eigenvalue weighted by atomic mass is 9.91. The number of carbonyl (C=O) groups excluding carboxylic acids is 2. The Labute approximate surface area is 176 Å². The fraction of sp³-hybridized carbons (Fsp3) is 0.440. The van der Waals surface area contributed by atoms with Gasteiger partial charge in [0.15, 0.2) is 0 Å². The number of benzene rings is 2. The summed E-state index contributed by atoms with van der Waals surface area (Å²) in [6.45, 7) is 15.6. The molecule has 0 saturated heterocycles. The second-order valence-corrected chi connectivity index (χ2v) is 7.18. The van der Waals surface area contributed by atoms with Crippen LogP contribution in [0.2, 0.25) is 0 Å². The average molecular weight is 397 g/mol. The zero-order valence-electron chi connectivity index (χ0n) is 18.9. The monoisotopic (exact) mass is 396 g/mol. The predicted octanol–water partition coefficient (Wildman–Crippen LogP) is 6.86. The van der Waals surface area contributed by atoms with Gasteiger partial charge in [-0.25, -0.2) is 20.4 Å². The molecule has 4 heteroatoms. The summed E-state index contributed by atoms with van der Waals surface area (Å²) < 4.78 is 0. The van der Waals surface area contributed by atoms with Crippen LogP contribution >= 0.6 is 0 Å². The maximum absolute atomic E-state index is 8.35. The van der Waals surface area contributed by atoms with Gasteiger partial charge in [-0.05, 0) is 53.9 Å². The van der Waals surface area contributed by atoms with Gasteiger partial charge in [-0.15, -0.1) is 0 Å². The molecule has 0 spiro atoms. The van der Waals surface area contributed by atoms with Gasteiger partial charge in [0, 0.05) is 0 Å². The molecule has 0 atom stereocenters. The zero-order valence-corrected chi connectivity index (χ0v) is 18.9. The maximum Gasteiger partial charge on any atom is 0.231 e. The molecule has 0 aliphatic heterocycles. The molecule has 0 aliphatic carbocycles. The minimum absolute atomic E-state index is 0.642. The molecule has 4 nitrogen and oxygen atoms in total. The molecule has 0 aromatic heterocycles. The fourth-order valence-electron chi connectivity index (χ4n) is 2.92. The fourth-order valence-corrected chi connectivity index (χ4v) is 2.92. The lowest BCUT2D eigenvalue weighted by Crippen LogP contribution is -1.97. The van der Waals surface area contributed by atoms with Gasteiger partial charge in [0.05, 0.1) is 0 Å². The van der Waals surface area contributed by atoms with Crippen molar-refractivity contribution in [1.82, 2.24) is 0 Å². The number of aryl methyl sites for hydroxylation is 3. The Kier molecular flexibility index (Phi) is 17.0. The zero-order chi connectivity index (χ0) is 22.8. The van der Waals surface area contributed by atoms with Crippen molar-refractivity contribution in [2.24, 2.45) is 0 Å². The van der Waals surface area contributed by atoms with Gasteiger partial charge in [-0.2, -0.15) is 0 Å². The number of isocyanates is 2. The Hall–Kier alpha value is -2.80. The van der Waals surface area contributed by atoms with Crippen LogP contribution in [0.1, 0.15) is 81.2 Å². The highest BCUT2D eigenvalue weighted by molar-refractivity contribution is 5.32. The summed E-state index contributed by atoms with van der Waals surface area (Å²) in [6, 6.07) is 15.5. The first-order valence-corrected chi connectivity index (χ1v) is 9.98. The summed E-state index contributed by atoms with van der Waals surface area (Å²) in [5, 5.41) is 10.8. The van der Waals surface area contributed by atoms with E-state index < -0.39 is 0 Å². The third kappa shape index (κ3) is 13.1. The van der Waals surface area contributed by atoms with Crippen molar-refractivity contribution in [2.75, 3.05) is 0 Å². The van der Waals surface area contributed by atoms with Gasteiger partial charge in [0.25, 0.3) is 0 Å². The molecule has 0 heterocycles. The van der Waals surface area contributed by atoms with Crippen LogP contribution in [-0.4, -0.2) is 12.2 Å². The Balaban J connectivity index is 0. The predicted molar refractivity (Wildman–Crippen MR) is 121 cm³/mol. The second-order valence-electron chi connectivity index (χ2n) is 7.18. The van der Waals surface area contributed by atoms with Crippen molar-refractivity contribution in [3.8, 4) is 0 Å². The van der Waals surface area contributed by atoms with Crippen LogP contribution in [-0.2, 0) is 22.4 Å². The molecule has 0 saturated carbocycles. The third-order valence-corrected chi connectivity index (χ3v) is 4.25. The lowest BCUT2D eigenvalue weighted by molar-refractivity contribution is 0.562. The first-order valence-electron chi connectivity index (χ1n) is 9.98. The second kappa shape index (κ2) is 17.3. The van der Waals surface area contributed by atoms with Crippen molar-refractivity contribution in [2.45, 2.75) is 73.1 Å². The van der Waals surface area contributed by atoms with Gasteiger partial charge >= 0.3 is 0 Å². The summed E-state index contributed by atoms with van der Waals surface area (Å²) in [6.07, 6.45) is 3.80. The smallest absolute Gasteiger partial charge is 0.222 e. The number of hydrogen-bond donors (Lipinski definition) is 2.